The smallest absolute Gasteiger partial charge is 0.123 e. The molecule has 1 aliphatic rings. The number of fused-ring (bicyclic) bond motifs is 1. The molecule has 1 aliphatic heterocycles. The number of hydrogen-bond donors (Lipinski definition) is 1. The molecule has 0 aromatic heterocycles. The summed E-state index contributed by atoms with van der Waals surface area (Å²) in [5, 5.41) is 4.07. The second-order valence-electron chi connectivity index (χ2n) is 3.50. The van der Waals surface area contributed by atoms with E-state index in [-0.39, 0.29) is 6.10 Å². The van der Waals surface area contributed by atoms with Gasteiger partial charge in [-0.15, -0.1) is 0 Å². The van der Waals surface area contributed by atoms with Gasteiger partial charge in [-0.2, -0.15) is 0 Å². The SMILES string of the molecule is CCNCC1Cc2cc(Cl)ccc2O1. The predicted octanol–water partition coefficient (Wildman–Crippen LogP) is 2.25. The maximum atomic E-state index is 5.90. The third kappa shape index (κ3) is 2.02. The summed E-state index contributed by atoms with van der Waals surface area (Å²) in [5.41, 5.74) is 1.22. The molecule has 0 radical (unpaired) electrons. The lowest BCUT2D eigenvalue weighted by molar-refractivity contribution is 0.229. The minimum Gasteiger partial charge on any atom is -0.488 e. The van der Waals surface area contributed by atoms with Crippen molar-refractivity contribution in [2.24, 2.45) is 0 Å². The summed E-state index contributed by atoms with van der Waals surface area (Å²) >= 11 is 5.90. The highest BCUT2D eigenvalue weighted by Crippen LogP contribution is 2.30. The standard InChI is InChI=1S/C11H14ClNO/c1-2-13-7-10-6-8-5-9(12)3-4-11(8)14-10/h3-5,10,13H,2,6-7H2,1H3. The fourth-order valence-electron chi connectivity index (χ4n) is 1.71. The Hall–Kier alpha value is -0.730. The molecule has 0 amide bonds. The zero-order valence-electron chi connectivity index (χ0n) is 8.22. The average molecular weight is 212 g/mol. The van der Waals surface area contributed by atoms with E-state index in [1.165, 1.54) is 5.56 Å². The zero-order chi connectivity index (χ0) is 9.97. The molecule has 1 heterocycles. The van der Waals surface area contributed by atoms with Crippen molar-refractivity contribution in [3.05, 3.63) is 28.8 Å². The molecule has 0 saturated carbocycles. The summed E-state index contributed by atoms with van der Waals surface area (Å²) in [4.78, 5) is 0. The van der Waals surface area contributed by atoms with Crippen molar-refractivity contribution >= 4 is 11.6 Å². The molecule has 1 N–H and O–H groups in total. The number of hydrogen-bond acceptors (Lipinski definition) is 2. The van der Waals surface area contributed by atoms with Crippen LogP contribution in [0.5, 0.6) is 5.75 Å². The van der Waals surface area contributed by atoms with Crippen LogP contribution in [0.3, 0.4) is 0 Å². The van der Waals surface area contributed by atoms with Crippen molar-refractivity contribution in [1.82, 2.24) is 5.32 Å². The molecule has 0 bridgehead atoms. The number of rotatable bonds is 3. The number of benzene rings is 1. The quantitative estimate of drug-likeness (QED) is 0.828. The van der Waals surface area contributed by atoms with Crippen molar-refractivity contribution in [2.45, 2.75) is 19.4 Å². The van der Waals surface area contributed by atoms with Crippen LogP contribution in [-0.4, -0.2) is 19.2 Å². The maximum Gasteiger partial charge on any atom is 0.123 e. The van der Waals surface area contributed by atoms with E-state index in [0.717, 1.165) is 30.3 Å². The van der Waals surface area contributed by atoms with Crippen LogP contribution in [0.15, 0.2) is 18.2 Å². The van der Waals surface area contributed by atoms with E-state index in [1.54, 1.807) is 0 Å². The molecular weight excluding hydrogens is 198 g/mol. The highest BCUT2D eigenvalue weighted by Gasteiger charge is 2.22. The highest BCUT2D eigenvalue weighted by atomic mass is 35.5. The lowest BCUT2D eigenvalue weighted by Crippen LogP contribution is -2.29. The van der Waals surface area contributed by atoms with Gasteiger partial charge in [-0.25, -0.2) is 0 Å². The van der Waals surface area contributed by atoms with E-state index in [1.807, 2.05) is 18.2 Å². The average Bonchev–Trinajstić information content (AvgIpc) is 2.56. The Balaban J connectivity index is 2.03. The Morgan fingerprint density at radius 2 is 2.43 bits per heavy atom. The molecule has 2 nitrogen and oxygen atoms in total. The van der Waals surface area contributed by atoms with Crippen LogP contribution >= 0.6 is 11.6 Å². The number of ether oxygens (including phenoxy) is 1. The molecule has 14 heavy (non-hydrogen) atoms. The molecule has 76 valence electrons. The van der Waals surface area contributed by atoms with E-state index in [0.29, 0.717) is 0 Å². The first-order valence-electron chi connectivity index (χ1n) is 4.95. The summed E-state index contributed by atoms with van der Waals surface area (Å²) in [5.74, 6) is 0.984. The van der Waals surface area contributed by atoms with Crippen LogP contribution in [0.2, 0.25) is 5.02 Å². The van der Waals surface area contributed by atoms with Crippen LogP contribution in [0.4, 0.5) is 0 Å². The van der Waals surface area contributed by atoms with E-state index < -0.39 is 0 Å². The molecule has 2 rings (SSSR count). The van der Waals surface area contributed by atoms with Gasteiger partial charge in [-0.1, -0.05) is 18.5 Å². The van der Waals surface area contributed by atoms with Gasteiger partial charge in [0, 0.05) is 18.0 Å². The predicted molar refractivity (Wildman–Crippen MR) is 58.1 cm³/mol. The van der Waals surface area contributed by atoms with E-state index >= 15 is 0 Å². The summed E-state index contributed by atoms with van der Waals surface area (Å²) in [6, 6.07) is 5.81. The summed E-state index contributed by atoms with van der Waals surface area (Å²) in [6.45, 7) is 3.98. The van der Waals surface area contributed by atoms with Gasteiger partial charge in [-0.05, 0) is 30.3 Å². The summed E-state index contributed by atoms with van der Waals surface area (Å²) in [6.07, 6.45) is 1.23. The molecule has 1 aromatic rings. The van der Waals surface area contributed by atoms with E-state index in [2.05, 4.69) is 12.2 Å². The van der Waals surface area contributed by atoms with Crippen molar-refractivity contribution in [2.75, 3.05) is 13.1 Å². The molecule has 0 fully saturated rings. The van der Waals surface area contributed by atoms with Crippen LogP contribution in [0.1, 0.15) is 12.5 Å². The molecule has 0 aliphatic carbocycles. The number of nitrogens with one attached hydrogen (secondary N) is 1. The van der Waals surface area contributed by atoms with Crippen LogP contribution in [-0.2, 0) is 6.42 Å². The third-order valence-electron chi connectivity index (χ3n) is 2.39. The molecular formula is C11H14ClNO. The van der Waals surface area contributed by atoms with Gasteiger partial charge in [0.15, 0.2) is 0 Å². The first kappa shape index (κ1) is 9.81. The minimum atomic E-state index is 0.267. The Bertz CT molecular complexity index is 327. The van der Waals surface area contributed by atoms with Crippen molar-refractivity contribution in [3.8, 4) is 5.75 Å². The molecule has 1 atom stereocenters. The monoisotopic (exact) mass is 211 g/mol. The third-order valence-corrected chi connectivity index (χ3v) is 2.62. The first-order chi connectivity index (χ1) is 6.79. The molecule has 3 heteroatoms. The second-order valence-corrected chi connectivity index (χ2v) is 3.94. The Labute approximate surface area is 89.2 Å². The zero-order valence-corrected chi connectivity index (χ0v) is 8.97. The van der Waals surface area contributed by atoms with Gasteiger partial charge >= 0.3 is 0 Å². The van der Waals surface area contributed by atoms with E-state index in [9.17, 15) is 0 Å². The van der Waals surface area contributed by atoms with Crippen LogP contribution in [0, 0.1) is 0 Å². The number of halogens is 1. The summed E-state index contributed by atoms with van der Waals surface area (Å²) < 4.78 is 5.74. The summed E-state index contributed by atoms with van der Waals surface area (Å²) in [7, 11) is 0. The topological polar surface area (TPSA) is 21.3 Å². The molecule has 0 spiro atoms. The van der Waals surface area contributed by atoms with Crippen molar-refractivity contribution < 1.29 is 4.74 Å². The van der Waals surface area contributed by atoms with E-state index in [4.69, 9.17) is 16.3 Å². The number of likely N-dealkylation sites (N-methyl/N-ethyl adjacent to an activating group) is 1. The van der Waals surface area contributed by atoms with Gasteiger partial charge in [0.25, 0.3) is 0 Å². The van der Waals surface area contributed by atoms with Crippen LogP contribution < -0.4 is 10.1 Å². The van der Waals surface area contributed by atoms with Crippen molar-refractivity contribution in [1.29, 1.82) is 0 Å². The van der Waals surface area contributed by atoms with Gasteiger partial charge in [-0.3, -0.25) is 0 Å². The second kappa shape index (κ2) is 4.20. The first-order valence-corrected chi connectivity index (χ1v) is 5.33. The fraction of sp³-hybridized carbons (Fsp3) is 0.455. The lowest BCUT2D eigenvalue weighted by Gasteiger charge is -2.10. The molecule has 1 unspecified atom stereocenters. The van der Waals surface area contributed by atoms with Gasteiger partial charge in [0.1, 0.15) is 11.9 Å². The molecule has 1 aromatic carbocycles. The Morgan fingerprint density at radius 3 is 3.21 bits per heavy atom. The largest absolute Gasteiger partial charge is 0.488 e. The normalized spacial score (nSPS) is 19.1. The fourth-order valence-corrected chi connectivity index (χ4v) is 1.90. The van der Waals surface area contributed by atoms with Gasteiger partial charge < -0.3 is 10.1 Å². The molecule has 0 saturated heterocycles. The van der Waals surface area contributed by atoms with Gasteiger partial charge in [0.2, 0.25) is 0 Å². The minimum absolute atomic E-state index is 0.267. The van der Waals surface area contributed by atoms with Crippen LogP contribution in [0.25, 0.3) is 0 Å². The van der Waals surface area contributed by atoms with Crippen molar-refractivity contribution in [3.63, 3.8) is 0 Å². The Morgan fingerprint density at radius 1 is 1.57 bits per heavy atom. The highest BCUT2D eigenvalue weighted by molar-refractivity contribution is 6.30. The maximum absolute atomic E-state index is 5.90. The lowest BCUT2D eigenvalue weighted by atomic mass is 10.1. The Kier molecular flexibility index (Phi) is 2.94. The van der Waals surface area contributed by atoms with Gasteiger partial charge in [0.05, 0.1) is 0 Å².